The molecule has 1 aliphatic heterocycles. The van der Waals surface area contributed by atoms with E-state index < -0.39 is 0 Å². The van der Waals surface area contributed by atoms with Gasteiger partial charge in [0.25, 0.3) is 0 Å². The van der Waals surface area contributed by atoms with E-state index in [4.69, 9.17) is 10.9 Å². The zero-order chi connectivity index (χ0) is 12.0. The maximum Gasteiger partial charge on any atom is 0.140 e. The zero-order valence-electron chi connectivity index (χ0n) is 10.3. The highest BCUT2D eigenvalue weighted by Gasteiger charge is 2.21. The second kappa shape index (κ2) is 6.70. The van der Waals surface area contributed by atoms with Crippen molar-refractivity contribution in [3.63, 3.8) is 0 Å². The highest BCUT2D eigenvalue weighted by molar-refractivity contribution is 5.80. The SMILES string of the molecule is CCN1CCC(CNC(C)CC(N)=NO)C1. The van der Waals surface area contributed by atoms with Crippen LogP contribution in [0.25, 0.3) is 0 Å². The third-order valence-electron chi connectivity index (χ3n) is 3.22. The minimum Gasteiger partial charge on any atom is -0.409 e. The third kappa shape index (κ3) is 4.37. The van der Waals surface area contributed by atoms with Crippen LogP contribution in [-0.4, -0.2) is 48.2 Å². The monoisotopic (exact) mass is 228 g/mol. The summed E-state index contributed by atoms with van der Waals surface area (Å²) in [5.41, 5.74) is 5.45. The van der Waals surface area contributed by atoms with Crippen LogP contribution in [0.5, 0.6) is 0 Å². The number of amidine groups is 1. The molecule has 0 radical (unpaired) electrons. The second-order valence-corrected chi connectivity index (χ2v) is 4.65. The van der Waals surface area contributed by atoms with Crippen molar-refractivity contribution >= 4 is 5.84 Å². The lowest BCUT2D eigenvalue weighted by atomic mass is 10.1. The van der Waals surface area contributed by atoms with Crippen molar-refractivity contribution < 1.29 is 5.21 Å². The molecular formula is C11H24N4O. The van der Waals surface area contributed by atoms with Crippen molar-refractivity contribution in [3.8, 4) is 0 Å². The van der Waals surface area contributed by atoms with Crippen LogP contribution < -0.4 is 11.1 Å². The molecule has 1 fully saturated rings. The van der Waals surface area contributed by atoms with Crippen LogP contribution in [0.2, 0.25) is 0 Å². The van der Waals surface area contributed by atoms with Gasteiger partial charge in [-0.3, -0.25) is 0 Å². The molecule has 0 aliphatic carbocycles. The normalized spacial score (nSPS) is 24.9. The number of hydrogen-bond acceptors (Lipinski definition) is 4. The molecule has 2 atom stereocenters. The van der Waals surface area contributed by atoms with E-state index in [0.717, 1.165) is 19.0 Å². The van der Waals surface area contributed by atoms with Gasteiger partial charge in [-0.05, 0) is 38.9 Å². The molecule has 1 aliphatic rings. The molecule has 5 heteroatoms. The number of oxime groups is 1. The summed E-state index contributed by atoms with van der Waals surface area (Å²) in [5, 5.41) is 14.9. The lowest BCUT2D eigenvalue weighted by Crippen LogP contribution is -2.35. The van der Waals surface area contributed by atoms with E-state index in [2.05, 4.69) is 29.2 Å². The van der Waals surface area contributed by atoms with Crippen LogP contribution >= 0.6 is 0 Å². The number of rotatable bonds is 6. The van der Waals surface area contributed by atoms with Crippen molar-refractivity contribution in [1.82, 2.24) is 10.2 Å². The van der Waals surface area contributed by atoms with E-state index in [-0.39, 0.29) is 6.04 Å². The van der Waals surface area contributed by atoms with Crippen LogP contribution in [-0.2, 0) is 0 Å². The Kier molecular flexibility index (Phi) is 5.55. The van der Waals surface area contributed by atoms with Crippen molar-refractivity contribution in [2.45, 2.75) is 32.7 Å². The lowest BCUT2D eigenvalue weighted by molar-refractivity contribution is 0.315. The highest BCUT2D eigenvalue weighted by Crippen LogP contribution is 2.14. The minimum absolute atomic E-state index is 0.270. The molecule has 1 saturated heterocycles. The van der Waals surface area contributed by atoms with E-state index in [9.17, 15) is 0 Å². The molecule has 94 valence electrons. The maximum absolute atomic E-state index is 8.46. The van der Waals surface area contributed by atoms with Gasteiger partial charge in [0.1, 0.15) is 5.84 Å². The van der Waals surface area contributed by atoms with Crippen molar-refractivity contribution in [2.24, 2.45) is 16.8 Å². The van der Waals surface area contributed by atoms with Gasteiger partial charge in [0.15, 0.2) is 0 Å². The molecule has 4 N–H and O–H groups in total. The molecule has 0 aromatic heterocycles. The van der Waals surface area contributed by atoms with Crippen molar-refractivity contribution in [3.05, 3.63) is 0 Å². The molecule has 2 unspecified atom stereocenters. The van der Waals surface area contributed by atoms with Gasteiger partial charge in [-0.2, -0.15) is 0 Å². The Balaban J connectivity index is 2.15. The Morgan fingerprint density at radius 1 is 1.69 bits per heavy atom. The topological polar surface area (TPSA) is 73.9 Å². The molecule has 0 spiro atoms. The van der Waals surface area contributed by atoms with E-state index in [1.807, 2.05) is 0 Å². The van der Waals surface area contributed by atoms with Crippen LogP contribution in [0.3, 0.4) is 0 Å². The molecule has 0 bridgehead atoms. The number of nitrogens with zero attached hydrogens (tertiary/aromatic N) is 2. The summed E-state index contributed by atoms with van der Waals surface area (Å²) < 4.78 is 0. The summed E-state index contributed by atoms with van der Waals surface area (Å²) in [4.78, 5) is 2.47. The van der Waals surface area contributed by atoms with Crippen LogP contribution in [0.1, 0.15) is 26.7 Å². The predicted molar refractivity (Wildman–Crippen MR) is 65.7 cm³/mol. The van der Waals surface area contributed by atoms with E-state index >= 15 is 0 Å². The molecule has 1 heterocycles. The standard InChI is InChI=1S/C11H24N4O/c1-3-15-5-4-10(8-15)7-13-9(2)6-11(12)14-16/h9-10,13,16H,3-8H2,1-2H3,(H2,12,14). The Labute approximate surface area is 97.7 Å². The molecule has 0 saturated carbocycles. The molecular weight excluding hydrogens is 204 g/mol. The van der Waals surface area contributed by atoms with Gasteiger partial charge in [0.2, 0.25) is 0 Å². The largest absolute Gasteiger partial charge is 0.409 e. The van der Waals surface area contributed by atoms with E-state index in [0.29, 0.717) is 12.3 Å². The Morgan fingerprint density at radius 2 is 2.44 bits per heavy atom. The molecule has 16 heavy (non-hydrogen) atoms. The van der Waals surface area contributed by atoms with Gasteiger partial charge in [-0.15, -0.1) is 0 Å². The summed E-state index contributed by atoms with van der Waals surface area (Å²) in [6.45, 7) is 8.85. The fourth-order valence-electron chi connectivity index (χ4n) is 2.16. The van der Waals surface area contributed by atoms with Gasteiger partial charge in [0, 0.05) is 19.0 Å². The molecule has 0 amide bonds. The second-order valence-electron chi connectivity index (χ2n) is 4.65. The van der Waals surface area contributed by atoms with Gasteiger partial charge >= 0.3 is 0 Å². The molecule has 5 nitrogen and oxygen atoms in total. The van der Waals surface area contributed by atoms with Crippen molar-refractivity contribution in [2.75, 3.05) is 26.2 Å². The maximum atomic E-state index is 8.46. The lowest BCUT2D eigenvalue weighted by Gasteiger charge is -2.17. The highest BCUT2D eigenvalue weighted by atomic mass is 16.4. The Morgan fingerprint density at radius 3 is 3.00 bits per heavy atom. The quantitative estimate of drug-likeness (QED) is 0.267. The first kappa shape index (κ1) is 13.3. The fraction of sp³-hybridized carbons (Fsp3) is 0.909. The first-order valence-electron chi connectivity index (χ1n) is 6.07. The smallest absolute Gasteiger partial charge is 0.140 e. The molecule has 0 aromatic carbocycles. The molecule has 0 aromatic rings. The van der Waals surface area contributed by atoms with E-state index in [1.54, 1.807) is 0 Å². The minimum atomic E-state index is 0.270. The summed E-state index contributed by atoms with van der Waals surface area (Å²) >= 11 is 0. The number of nitrogens with two attached hydrogens (primary N) is 1. The zero-order valence-corrected chi connectivity index (χ0v) is 10.3. The van der Waals surface area contributed by atoms with Gasteiger partial charge in [0.05, 0.1) is 0 Å². The fourth-order valence-corrected chi connectivity index (χ4v) is 2.16. The summed E-state index contributed by atoms with van der Waals surface area (Å²) in [6.07, 6.45) is 1.87. The first-order valence-corrected chi connectivity index (χ1v) is 6.07. The van der Waals surface area contributed by atoms with Crippen LogP contribution in [0, 0.1) is 5.92 Å². The van der Waals surface area contributed by atoms with Gasteiger partial charge in [-0.1, -0.05) is 12.1 Å². The number of nitrogens with one attached hydrogen (secondary N) is 1. The Hall–Kier alpha value is -0.810. The Bertz CT molecular complexity index is 232. The summed E-state index contributed by atoms with van der Waals surface area (Å²) in [7, 11) is 0. The average Bonchev–Trinajstić information content (AvgIpc) is 2.74. The van der Waals surface area contributed by atoms with Crippen LogP contribution in [0.15, 0.2) is 5.16 Å². The first-order chi connectivity index (χ1) is 7.65. The van der Waals surface area contributed by atoms with Crippen molar-refractivity contribution in [1.29, 1.82) is 0 Å². The number of likely N-dealkylation sites (tertiary alicyclic amines) is 1. The molecule has 1 rings (SSSR count). The number of hydrogen-bond donors (Lipinski definition) is 3. The summed E-state index contributed by atoms with van der Waals surface area (Å²) in [5.74, 6) is 1.04. The average molecular weight is 228 g/mol. The van der Waals surface area contributed by atoms with E-state index in [1.165, 1.54) is 19.5 Å². The van der Waals surface area contributed by atoms with Gasteiger partial charge in [-0.25, -0.2) is 0 Å². The predicted octanol–water partition coefficient (Wildman–Crippen LogP) is 0.443. The van der Waals surface area contributed by atoms with Gasteiger partial charge < -0.3 is 21.2 Å². The van der Waals surface area contributed by atoms with Crippen LogP contribution in [0.4, 0.5) is 0 Å². The third-order valence-corrected chi connectivity index (χ3v) is 3.22. The summed E-state index contributed by atoms with van der Waals surface area (Å²) in [6, 6.07) is 0.270.